The molecule has 4 heteroatoms. The van der Waals surface area contributed by atoms with Crippen LogP contribution in [0.15, 0.2) is 24.3 Å². The first-order chi connectivity index (χ1) is 8.15. The molecule has 4 nitrogen and oxygen atoms in total. The third kappa shape index (κ3) is 4.87. The Morgan fingerprint density at radius 2 is 2.18 bits per heavy atom. The minimum Gasteiger partial charge on any atom is -0.508 e. The Kier molecular flexibility index (Phi) is 5.49. The van der Waals surface area contributed by atoms with Crippen LogP contribution in [0.2, 0.25) is 0 Å². The van der Waals surface area contributed by atoms with Crippen molar-refractivity contribution in [1.29, 1.82) is 0 Å². The first-order valence-electron chi connectivity index (χ1n) is 5.92. The van der Waals surface area contributed by atoms with Gasteiger partial charge in [-0.3, -0.25) is 9.69 Å². The topological polar surface area (TPSA) is 52.6 Å². The van der Waals surface area contributed by atoms with Gasteiger partial charge in [-0.15, -0.1) is 0 Å². The van der Waals surface area contributed by atoms with Gasteiger partial charge in [0.2, 0.25) is 5.91 Å². The molecule has 0 fully saturated rings. The number of carbonyl (C=O) groups is 1. The fourth-order valence-corrected chi connectivity index (χ4v) is 1.65. The molecule has 2 N–H and O–H groups in total. The first-order valence-corrected chi connectivity index (χ1v) is 5.92. The summed E-state index contributed by atoms with van der Waals surface area (Å²) < 4.78 is 0. The number of nitrogens with zero attached hydrogens (tertiary/aromatic N) is 1. The Hall–Kier alpha value is -1.55. The summed E-state index contributed by atoms with van der Waals surface area (Å²) in [7, 11) is 0. The highest BCUT2D eigenvalue weighted by Crippen LogP contribution is 2.12. The Morgan fingerprint density at radius 3 is 2.76 bits per heavy atom. The Morgan fingerprint density at radius 1 is 1.41 bits per heavy atom. The molecule has 0 unspecified atom stereocenters. The molecule has 0 bridgehead atoms. The summed E-state index contributed by atoms with van der Waals surface area (Å²) in [5.74, 6) is 0.297. The van der Waals surface area contributed by atoms with E-state index < -0.39 is 0 Å². The van der Waals surface area contributed by atoms with Crippen molar-refractivity contribution in [3.63, 3.8) is 0 Å². The number of benzene rings is 1. The number of hydrogen-bond donors (Lipinski definition) is 2. The van der Waals surface area contributed by atoms with Gasteiger partial charge in [0.05, 0.1) is 6.54 Å². The summed E-state index contributed by atoms with van der Waals surface area (Å²) in [6.45, 7) is 6.43. The van der Waals surface area contributed by atoms with Gasteiger partial charge in [-0.1, -0.05) is 19.1 Å². The van der Waals surface area contributed by atoms with Crippen LogP contribution in [0.3, 0.4) is 0 Å². The zero-order chi connectivity index (χ0) is 12.7. The van der Waals surface area contributed by atoms with E-state index in [0.29, 0.717) is 19.6 Å². The van der Waals surface area contributed by atoms with Crippen LogP contribution in [0.25, 0.3) is 0 Å². The van der Waals surface area contributed by atoms with Crippen molar-refractivity contribution in [2.24, 2.45) is 0 Å². The van der Waals surface area contributed by atoms with Gasteiger partial charge in [0.1, 0.15) is 5.75 Å². The number of nitrogens with one attached hydrogen (secondary N) is 1. The summed E-state index contributed by atoms with van der Waals surface area (Å²) in [6.07, 6.45) is 0. The van der Waals surface area contributed by atoms with Crippen molar-refractivity contribution >= 4 is 5.91 Å². The summed E-state index contributed by atoms with van der Waals surface area (Å²) >= 11 is 0. The van der Waals surface area contributed by atoms with E-state index >= 15 is 0 Å². The normalized spacial score (nSPS) is 10.5. The van der Waals surface area contributed by atoms with Gasteiger partial charge in [0.15, 0.2) is 0 Å². The molecule has 0 aromatic heterocycles. The standard InChI is InChI=1S/C13H20N2O2/c1-3-14-13(17)10-15(4-2)9-11-6-5-7-12(16)8-11/h5-8,16H,3-4,9-10H2,1-2H3,(H,14,17). The van der Waals surface area contributed by atoms with Crippen molar-refractivity contribution in [3.8, 4) is 5.75 Å². The quantitative estimate of drug-likeness (QED) is 0.784. The highest BCUT2D eigenvalue weighted by molar-refractivity contribution is 5.77. The molecule has 0 saturated heterocycles. The van der Waals surface area contributed by atoms with Gasteiger partial charge in [0, 0.05) is 13.1 Å². The van der Waals surface area contributed by atoms with Gasteiger partial charge in [-0.25, -0.2) is 0 Å². The molecule has 1 aromatic rings. The van der Waals surface area contributed by atoms with Crippen LogP contribution in [-0.2, 0) is 11.3 Å². The third-order valence-corrected chi connectivity index (χ3v) is 2.51. The lowest BCUT2D eigenvalue weighted by molar-refractivity contribution is -0.122. The van der Waals surface area contributed by atoms with E-state index in [1.165, 1.54) is 0 Å². The summed E-state index contributed by atoms with van der Waals surface area (Å²) in [5.41, 5.74) is 1.01. The summed E-state index contributed by atoms with van der Waals surface area (Å²) in [5, 5.41) is 12.1. The molecule has 0 spiro atoms. The second-order valence-electron chi connectivity index (χ2n) is 3.93. The number of aromatic hydroxyl groups is 1. The van der Waals surface area contributed by atoms with Gasteiger partial charge >= 0.3 is 0 Å². The van der Waals surface area contributed by atoms with Crippen molar-refractivity contribution in [2.75, 3.05) is 19.6 Å². The van der Waals surface area contributed by atoms with Crippen LogP contribution in [0.1, 0.15) is 19.4 Å². The first kappa shape index (κ1) is 13.5. The molecule has 0 atom stereocenters. The van der Waals surface area contributed by atoms with Crippen LogP contribution in [0, 0.1) is 0 Å². The molecule has 1 aromatic carbocycles. The molecule has 0 aliphatic heterocycles. The molecule has 0 saturated carbocycles. The lowest BCUT2D eigenvalue weighted by Crippen LogP contribution is -2.36. The highest BCUT2D eigenvalue weighted by atomic mass is 16.3. The van der Waals surface area contributed by atoms with E-state index in [9.17, 15) is 9.90 Å². The summed E-state index contributed by atoms with van der Waals surface area (Å²) in [4.78, 5) is 13.5. The number of amides is 1. The van der Waals surface area contributed by atoms with Crippen LogP contribution >= 0.6 is 0 Å². The van der Waals surface area contributed by atoms with E-state index in [1.54, 1.807) is 12.1 Å². The molecular weight excluding hydrogens is 216 g/mol. The van der Waals surface area contributed by atoms with Crippen molar-refractivity contribution < 1.29 is 9.90 Å². The number of phenols is 1. The number of likely N-dealkylation sites (N-methyl/N-ethyl adjacent to an activating group) is 2. The highest BCUT2D eigenvalue weighted by Gasteiger charge is 2.08. The molecular formula is C13H20N2O2. The Balaban J connectivity index is 2.54. The lowest BCUT2D eigenvalue weighted by atomic mass is 10.2. The maximum absolute atomic E-state index is 11.5. The van der Waals surface area contributed by atoms with Gasteiger partial charge in [-0.05, 0) is 31.2 Å². The minimum atomic E-state index is 0.0366. The predicted octanol–water partition coefficient (Wildman–Crippen LogP) is 1.35. The number of phenolic OH excluding ortho intramolecular Hbond substituents is 1. The SMILES string of the molecule is CCNC(=O)CN(CC)Cc1cccc(O)c1. The zero-order valence-electron chi connectivity index (χ0n) is 10.4. The van der Waals surface area contributed by atoms with Crippen LogP contribution < -0.4 is 5.32 Å². The molecule has 0 aliphatic rings. The fraction of sp³-hybridized carbons (Fsp3) is 0.462. The van der Waals surface area contributed by atoms with Gasteiger partial charge < -0.3 is 10.4 Å². The second kappa shape index (κ2) is 6.91. The molecule has 1 rings (SSSR count). The Bertz CT molecular complexity index is 366. The largest absolute Gasteiger partial charge is 0.508 e. The predicted molar refractivity (Wildman–Crippen MR) is 67.7 cm³/mol. The molecule has 17 heavy (non-hydrogen) atoms. The minimum absolute atomic E-state index is 0.0366. The smallest absolute Gasteiger partial charge is 0.234 e. The maximum atomic E-state index is 11.5. The van der Waals surface area contributed by atoms with Crippen LogP contribution in [0.5, 0.6) is 5.75 Å². The zero-order valence-corrected chi connectivity index (χ0v) is 10.4. The number of hydrogen-bond acceptors (Lipinski definition) is 3. The molecule has 1 amide bonds. The van der Waals surface area contributed by atoms with Gasteiger partial charge in [-0.2, -0.15) is 0 Å². The average Bonchev–Trinajstić information content (AvgIpc) is 2.28. The molecule has 0 heterocycles. The van der Waals surface area contributed by atoms with Crippen molar-refractivity contribution in [1.82, 2.24) is 10.2 Å². The van der Waals surface area contributed by atoms with E-state index in [1.807, 2.05) is 30.9 Å². The molecule has 0 aliphatic carbocycles. The summed E-state index contributed by atoms with van der Waals surface area (Å²) in [6, 6.07) is 7.12. The van der Waals surface area contributed by atoms with E-state index in [0.717, 1.165) is 12.1 Å². The van der Waals surface area contributed by atoms with E-state index in [2.05, 4.69) is 5.32 Å². The van der Waals surface area contributed by atoms with Crippen LogP contribution in [0.4, 0.5) is 0 Å². The van der Waals surface area contributed by atoms with Gasteiger partial charge in [0.25, 0.3) is 0 Å². The average molecular weight is 236 g/mol. The maximum Gasteiger partial charge on any atom is 0.234 e. The van der Waals surface area contributed by atoms with Crippen molar-refractivity contribution in [2.45, 2.75) is 20.4 Å². The van der Waals surface area contributed by atoms with E-state index in [-0.39, 0.29) is 11.7 Å². The van der Waals surface area contributed by atoms with Crippen molar-refractivity contribution in [3.05, 3.63) is 29.8 Å². The van der Waals surface area contributed by atoms with Crippen LogP contribution in [-0.4, -0.2) is 35.5 Å². The fourth-order valence-electron chi connectivity index (χ4n) is 1.65. The molecule has 94 valence electrons. The number of carbonyl (C=O) groups excluding carboxylic acids is 1. The van der Waals surface area contributed by atoms with E-state index in [4.69, 9.17) is 0 Å². The Labute approximate surface area is 102 Å². The molecule has 0 radical (unpaired) electrons. The third-order valence-electron chi connectivity index (χ3n) is 2.51. The lowest BCUT2D eigenvalue weighted by Gasteiger charge is -2.19. The number of rotatable bonds is 6. The second-order valence-corrected chi connectivity index (χ2v) is 3.93. The monoisotopic (exact) mass is 236 g/mol.